The van der Waals surface area contributed by atoms with Crippen molar-refractivity contribution in [3.05, 3.63) is 54.7 Å². The van der Waals surface area contributed by atoms with Crippen LogP contribution in [0.3, 0.4) is 0 Å². The molecule has 2 heterocycles. The number of fused-ring (bicyclic) bond motifs is 1. The summed E-state index contributed by atoms with van der Waals surface area (Å²) in [7, 11) is 0. The number of aliphatic hydroxyl groups is 4. The molecule has 8 nitrogen and oxygen atoms in total. The zero-order chi connectivity index (χ0) is 22.7. The Bertz CT molecular complexity index is 1030. The van der Waals surface area contributed by atoms with Gasteiger partial charge in [-0.1, -0.05) is 30.0 Å². The summed E-state index contributed by atoms with van der Waals surface area (Å²) >= 11 is 1.55. The third kappa shape index (κ3) is 4.65. The Morgan fingerprint density at radius 3 is 2.47 bits per heavy atom. The standard InChI is InChI=1S/C23H28N2O6S/c24-10-3-11-30-14-6-8-15(9-7-14)32-19-12-25(17-5-2-1-4-16(17)19)23-22(29)21(28)20(27)18(13-26)31-23/h1-2,4-9,12,18,20-23,26-29H,3,10-11,13,24H2/t18-,20-,21+,22-,23-/m1/s1. The van der Waals surface area contributed by atoms with E-state index in [1.165, 1.54) is 0 Å². The Balaban J connectivity index is 1.61. The number of nitrogens with two attached hydrogens (primary N) is 1. The summed E-state index contributed by atoms with van der Waals surface area (Å²) < 4.78 is 13.2. The lowest BCUT2D eigenvalue weighted by Gasteiger charge is -2.40. The molecule has 0 aliphatic carbocycles. The van der Waals surface area contributed by atoms with E-state index in [1.807, 2.05) is 54.7 Å². The van der Waals surface area contributed by atoms with Gasteiger partial charge in [0.2, 0.25) is 0 Å². The van der Waals surface area contributed by atoms with Crippen LogP contribution in [-0.2, 0) is 4.74 Å². The number of aromatic nitrogens is 1. The third-order valence-electron chi connectivity index (χ3n) is 5.51. The molecule has 0 radical (unpaired) electrons. The number of aliphatic hydroxyl groups excluding tert-OH is 4. The van der Waals surface area contributed by atoms with E-state index in [1.54, 1.807) is 16.3 Å². The molecule has 9 heteroatoms. The minimum atomic E-state index is -1.44. The van der Waals surface area contributed by atoms with Crippen LogP contribution >= 0.6 is 11.8 Å². The molecule has 2 aromatic carbocycles. The average Bonchev–Trinajstić information content (AvgIpc) is 3.17. The van der Waals surface area contributed by atoms with Crippen LogP contribution in [0, 0.1) is 0 Å². The Morgan fingerprint density at radius 1 is 1.00 bits per heavy atom. The van der Waals surface area contributed by atoms with Gasteiger partial charge in [-0.2, -0.15) is 0 Å². The number of benzene rings is 2. The van der Waals surface area contributed by atoms with Crippen molar-refractivity contribution in [2.45, 2.75) is 46.9 Å². The van der Waals surface area contributed by atoms with Gasteiger partial charge in [-0.05, 0) is 43.3 Å². The molecule has 32 heavy (non-hydrogen) atoms. The molecule has 4 rings (SSSR count). The van der Waals surface area contributed by atoms with E-state index in [9.17, 15) is 20.4 Å². The molecule has 0 bridgehead atoms. The fourth-order valence-electron chi connectivity index (χ4n) is 3.78. The number of nitrogens with zero attached hydrogens (tertiary/aromatic N) is 1. The van der Waals surface area contributed by atoms with Crippen molar-refractivity contribution in [2.75, 3.05) is 19.8 Å². The first-order chi connectivity index (χ1) is 15.5. The van der Waals surface area contributed by atoms with Gasteiger partial charge in [-0.15, -0.1) is 0 Å². The summed E-state index contributed by atoms with van der Waals surface area (Å²) in [4.78, 5) is 1.95. The van der Waals surface area contributed by atoms with Crippen molar-refractivity contribution in [2.24, 2.45) is 5.73 Å². The van der Waals surface area contributed by atoms with Crippen LogP contribution < -0.4 is 10.5 Å². The number of hydrogen-bond donors (Lipinski definition) is 5. The van der Waals surface area contributed by atoms with Crippen LogP contribution in [0.25, 0.3) is 10.9 Å². The lowest BCUT2D eigenvalue weighted by Crippen LogP contribution is -2.56. The smallest absolute Gasteiger partial charge is 0.163 e. The lowest BCUT2D eigenvalue weighted by molar-refractivity contribution is -0.250. The predicted molar refractivity (Wildman–Crippen MR) is 121 cm³/mol. The molecule has 1 aliphatic rings. The van der Waals surface area contributed by atoms with Crippen LogP contribution in [0.5, 0.6) is 5.75 Å². The van der Waals surface area contributed by atoms with E-state index >= 15 is 0 Å². The van der Waals surface area contributed by atoms with Crippen LogP contribution in [0.2, 0.25) is 0 Å². The van der Waals surface area contributed by atoms with Gasteiger partial charge in [0.15, 0.2) is 6.23 Å². The molecule has 0 amide bonds. The van der Waals surface area contributed by atoms with Crippen molar-refractivity contribution in [1.29, 1.82) is 0 Å². The maximum absolute atomic E-state index is 10.6. The van der Waals surface area contributed by atoms with Crippen molar-refractivity contribution >= 4 is 22.7 Å². The summed E-state index contributed by atoms with van der Waals surface area (Å²) in [6, 6.07) is 15.5. The average molecular weight is 461 g/mol. The van der Waals surface area contributed by atoms with E-state index in [0.29, 0.717) is 13.2 Å². The summed E-state index contributed by atoms with van der Waals surface area (Å²) in [5.74, 6) is 0.784. The van der Waals surface area contributed by atoms with Gasteiger partial charge in [0.05, 0.1) is 18.7 Å². The van der Waals surface area contributed by atoms with Gasteiger partial charge in [0.1, 0.15) is 30.2 Å². The third-order valence-corrected chi connectivity index (χ3v) is 6.57. The first-order valence-electron chi connectivity index (χ1n) is 10.5. The van der Waals surface area contributed by atoms with Crippen LogP contribution in [-0.4, -0.2) is 69.2 Å². The van der Waals surface area contributed by atoms with Gasteiger partial charge in [0.25, 0.3) is 0 Å². The molecule has 0 unspecified atom stereocenters. The van der Waals surface area contributed by atoms with Crippen molar-refractivity contribution < 1.29 is 29.9 Å². The van der Waals surface area contributed by atoms with Crippen molar-refractivity contribution in [1.82, 2.24) is 4.57 Å². The molecular formula is C23H28N2O6S. The Kier molecular flexibility index (Phi) is 7.37. The minimum absolute atomic E-state index is 0.470. The van der Waals surface area contributed by atoms with E-state index in [2.05, 4.69) is 0 Å². The summed E-state index contributed by atoms with van der Waals surface area (Å²) in [5.41, 5.74) is 6.30. The lowest BCUT2D eigenvalue weighted by atomic mass is 9.98. The van der Waals surface area contributed by atoms with E-state index in [0.717, 1.165) is 32.9 Å². The summed E-state index contributed by atoms with van der Waals surface area (Å²) in [6.07, 6.45) is -3.46. The number of para-hydroxylation sites is 1. The number of hydrogen-bond acceptors (Lipinski definition) is 8. The molecule has 0 saturated carbocycles. The Labute approximate surface area is 190 Å². The first kappa shape index (κ1) is 23.1. The molecule has 3 aromatic rings. The van der Waals surface area contributed by atoms with Crippen LogP contribution in [0.15, 0.2) is 64.5 Å². The molecule has 1 fully saturated rings. The fourth-order valence-corrected chi connectivity index (χ4v) is 4.76. The quantitative estimate of drug-likeness (QED) is 0.320. The van der Waals surface area contributed by atoms with Crippen LogP contribution in [0.1, 0.15) is 12.6 Å². The normalized spacial score (nSPS) is 25.8. The first-order valence-corrected chi connectivity index (χ1v) is 11.4. The van der Waals surface area contributed by atoms with Crippen LogP contribution in [0.4, 0.5) is 0 Å². The SMILES string of the molecule is NCCCOc1ccc(Sc2cn([C@@H]3O[C@H](CO)[C@@H](O)[C@H](O)[C@H]3O)c3ccccc23)cc1. The fraction of sp³-hybridized carbons (Fsp3) is 0.391. The molecule has 1 aliphatic heterocycles. The van der Waals surface area contributed by atoms with Gasteiger partial charge >= 0.3 is 0 Å². The largest absolute Gasteiger partial charge is 0.494 e. The van der Waals surface area contributed by atoms with Gasteiger partial charge in [0, 0.05) is 21.4 Å². The van der Waals surface area contributed by atoms with Crippen molar-refractivity contribution in [3.8, 4) is 5.75 Å². The second-order valence-corrected chi connectivity index (χ2v) is 8.82. The Morgan fingerprint density at radius 2 is 1.75 bits per heavy atom. The van der Waals surface area contributed by atoms with Crippen molar-refractivity contribution in [3.63, 3.8) is 0 Å². The molecule has 0 spiro atoms. The molecule has 6 N–H and O–H groups in total. The molecule has 5 atom stereocenters. The highest BCUT2D eigenvalue weighted by molar-refractivity contribution is 7.99. The highest BCUT2D eigenvalue weighted by Crippen LogP contribution is 2.39. The second-order valence-electron chi connectivity index (χ2n) is 7.70. The zero-order valence-corrected chi connectivity index (χ0v) is 18.3. The topological polar surface area (TPSA) is 130 Å². The second kappa shape index (κ2) is 10.2. The number of ether oxygens (including phenoxy) is 2. The van der Waals surface area contributed by atoms with E-state index in [-0.39, 0.29) is 0 Å². The summed E-state index contributed by atoms with van der Waals surface area (Å²) in [6.45, 7) is 0.698. The van der Waals surface area contributed by atoms with Gasteiger partial charge < -0.3 is 40.2 Å². The number of rotatable bonds is 8. The predicted octanol–water partition coefficient (Wildman–Crippen LogP) is 1.49. The molecule has 172 valence electrons. The Hall–Kier alpha value is -2.11. The maximum atomic E-state index is 10.6. The molecule has 1 saturated heterocycles. The monoisotopic (exact) mass is 460 g/mol. The van der Waals surface area contributed by atoms with E-state index in [4.69, 9.17) is 15.2 Å². The maximum Gasteiger partial charge on any atom is 0.163 e. The summed E-state index contributed by atoms with van der Waals surface area (Å²) in [5, 5.41) is 41.4. The highest BCUT2D eigenvalue weighted by atomic mass is 32.2. The van der Waals surface area contributed by atoms with E-state index < -0.39 is 37.3 Å². The molecular weight excluding hydrogens is 432 g/mol. The molecule has 1 aromatic heterocycles. The highest BCUT2D eigenvalue weighted by Gasteiger charge is 2.44. The van der Waals surface area contributed by atoms with Gasteiger partial charge in [-0.25, -0.2) is 0 Å². The van der Waals surface area contributed by atoms with Gasteiger partial charge in [-0.3, -0.25) is 0 Å². The minimum Gasteiger partial charge on any atom is -0.494 e. The zero-order valence-electron chi connectivity index (χ0n) is 17.4.